The number of sulfone groups is 1. The van der Waals surface area contributed by atoms with E-state index in [2.05, 4.69) is 5.32 Å². The van der Waals surface area contributed by atoms with Crippen molar-refractivity contribution in [3.8, 4) is 5.75 Å². The van der Waals surface area contributed by atoms with Gasteiger partial charge in [0, 0.05) is 24.4 Å². The van der Waals surface area contributed by atoms with Gasteiger partial charge in [-0.2, -0.15) is 0 Å². The molecule has 0 radical (unpaired) electrons. The van der Waals surface area contributed by atoms with Crippen LogP contribution in [0, 0.1) is 6.92 Å². The molecule has 0 amide bonds. The Morgan fingerprint density at radius 3 is 2.67 bits per heavy atom. The van der Waals surface area contributed by atoms with Crippen molar-refractivity contribution in [2.24, 2.45) is 0 Å². The van der Waals surface area contributed by atoms with Gasteiger partial charge < -0.3 is 10.1 Å². The van der Waals surface area contributed by atoms with Gasteiger partial charge in [-0.1, -0.05) is 11.6 Å². The first-order valence-electron chi connectivity index (χ1n) is 5.66. The fourth-order valence-corrected chi connectivity index (χ4v) is 2.13. The van der Waals surface area contributed by atoms with Gasteiger partial charge in [-0.3, -0.25) is 0 Å². The SMILES string of the molecule is Cc1cc(Cl)ccc1OCCNCCS(C)(=O)=O. The molecule has 102 valence electrons. The quantitative estimate of drug-likeness (QED) is 0.776. The normalized spacial score (nSPS) is 11.5. The van der Waals surface area contributed by atoms with Crippen molar-refractivity contribution in [3.63, 3.8) is 0 Å². The fourth-order valence-electron chi connectivity index (χ4n) is 1.39. The lowest BCUT2D eigenvalue weighted by atomic mass is 10.2. The Hall–Kier alpha value is -0.780. The van der Waals surface area contributed by atoms with Crippen molar-refractivity contribution in [2.45, 2.75) is 6.92 Å². The molecule has 4 nitrogen and oxygen atoms in total. The predicted molar refractivity (Wildman–Crippen MR) is 74.3 cm³/mol. The average molecular weight is 292 g/mol. The van der Waals surface area contributed by atoms with Crippen LogP contribution in [0.3, 0.4) is 0 Å². The van der Waals surface area contributed by atoms with Gasteiger partial charge in [0.15, 0.2) is 0 Å². The van der Waals surface area contributed by atoms with E-state index < -0.39 is 9.84 Å². The zero-order valence-corrected chi connectivity index (χ0v) is 12.1. The third-order valence-electron chi connectivity index (χ3n) is 2.32. The summed E-state index contributed by atoms with van der Waals surface area (Å²) in [7, 11) is -2.89. The second-order valence-corrected chi connectivity index (χ2v) is 6.83. The molecule has 6 heteroatoms. The molecule has 0 atom stereocenters. The van der Waals surface area contributed by atoms with E-state index in [0.717, 1.165) is 11.3 Å². The molecule has 0 heterocycles. The molecule has 0 spiro atoms. The highest BCUT2D eigenvalue weighted by atomic mass is 35.5. The lowest BCUT2D eigenvalue weighted by Crippen LogP contribution is -2.26. The summed E-state index contributed by atoms with van der Waals surface area (Å²) in [6, 6.07) is 5.45. The Bertz CT molecular complexity index is 488. The van der Waals surface area contributed by atoms with Gasteiger partial charge in [-0.05, 0) is 30.7 Å². The van der Waals surface area contributed by atoms with Crippen molar-refractivity contribution in [3.05, 3.63) is 28.8 Å². The molecule has 0 saturated carbocycles. The Balaban J connectivity index is 2.22. The lowest BCUT2D eigenvalue weighted by Gasteiger charge is -2.09. The van der Waals surface area contributed by atoms with Crippen LogP contribution in [0.4, 0.5) is 0 Å². The average Bonchev–Trinajstić information content (AvgIpc) is 2.24. The highest BCUT2D eigenvalue weighted by Crippen LogP contribution is 2.21. The highest BCUT2D eigenvalue weighted by molar-refractivity contribution is 7.90. The third-order valence-corrected chi connectivity index (χ3v) is 3.50. The fraction of sp³-hybridized carbons (Fsp3) is 0.500. The van der Waals surface area contributed by atoms with E-state index in [-0.39, 0.29) is 5.75 Å². The van der Waals surface area contributed by atoms with Crippen LogP contribution in [0.1, 0.15) is 5.56 Å². The molecule has 0 unspecified atom stereocenters. The monoisotopic (exact) mass is 291 g/mol. The second kappa shape index (κ2) is 6.97. The molecule has 0 saturated heterocycles. The minimum absolute atomic E-state index is 0.146. The summed E-state index contributed by atoms with van der Waals surface area (Å²) >= 11 is 5.84. The van der Waals surface area contributed by atoms with E-state index in [4.69, 9.17) is 16.3 Å². The van der Waals surface area contributed by atoms with E-state index >= 15 is 0 Å². The molecule has 0 aliphatic heterocycles. The topological polar surface area (TPSA) is 55.4 Å². The van der Waals surface area contributed by atoms with Crippen molar-refractivity contribution in [1.29, 1.82) is 0 Å². The largest absolute Gasteiger partial charge is 0.492 e. The first-order valence-corrected chi connectivity index (χ1v) is 8.10. The van der Waals surface area contributed by atoms with Gasteiger partial charge in [0.25, 0.3) is 0 Å². The molecular formula is C12H18ClNO3S. The van der Waals surface area contributed by atoms with Crippen LogP contribution in [0.25, 0.3) is 0 Å². The molecule has 0 bridgehead atoms. The number of ether oxygens (including phenoxy) is 1. The van der Waals surface area contributed by atoms with E-state index in [0.29, 0.717) is 24.7 Å². The molecular weight excluding hydrogens is 274 g/mol. The highest BCUT2D eigenvalue weighted by Gasteiger charge is 2.02. The van der Waals surface area contributed by atoms with Crippen LogP contribution in [0.5, 0.6) is 5.75 Å². The molecule has 1 N–H and O–H groups in total. The van der Waals surface area contributed by atoms with Gasteiger partial charge in [0.05, 0.1) is 5.75 Å². The zero-order chi connectivity index (χ0) is 13.6. The number of aryl methyl sites for hydroxylation is 1. The molecule has 18 heavy (non-hydrogen) atoms. The first kappa shape index (κ1) is 15.3. The van der Waals surface area contributed by atoms with Crippen molar-refractivity contribution < 1.29 is 13.2 Å². The number of halogens is 1. The molecule has 1 aromatic carbocycles. The molecule has 0 aromatic heterocycles. The van der Waals surface area contributed by atoms with Crippen molar-refractivity contribution in [1.82, 2.24) is 5.32 Å². The molecule has 0 aliphatic carbocycles. The predicted octanol–water partition coefficient (Wildman–Crippen LogP) is 1.66. The van der Waals surface area contributed by atoms with Crippen LogP contribution in [-0.2, 0) is 9.84 Å². The van der Waals surface area contributed by atoms with Gasteiger partial charge in [0.2, 0.25) is 0 Å². The van der Waals surface area contributed by atoms with Crippen LogP contribution in [0.2, 0.25) is 5.02 Å². The standard InChI is InChI=1S/C12H18ClNO3S/c1-10-9-11(13)3-4-12(10)17-7-5-14-6-8-18(2,15)16/h3-4,9,14H,5-8H2,1-2H3. The van der Waals surface area contributed by atoms with Crippen molar-refractivity contribution in [2.75, 3.05) is 31.7 Å². The van der Waals surface area contributed by atoms with E-state index in [1.54, 1.807) is 6.07 Å². The van der Waals surface area contributed by atoms with Gasteiger partial charge in [0.1, 0.15) is 22.2 Å². The smallest absolute Gasteiger partial charge is 0.148 e. The number of benzene rings is 1. The van der Waals surface area contributed by atoms with Gasteiger partial charge in [-0.15, -0.1) is 0 Å². The maximum atomic E-state index is 10.9. The lowest BCUT2D eigenvalue weighted by molar-refractivity contribution is 0.313. The van der Waals surface area contributed by atoms with Crippen LogP contribution in [-0.4, -0.2) is 40.1 Å². The number of hydrogen-bond acceptors (Lipinski definition) is 4. The summed E-state index contributed by atoms with van der Waals surface area (Å²) < 4.78 is 27.3. The summed E-state index contributed by atoms with van der Waals surface area (Å²) in [4.78, 5) is 0. The third kappa shape index (κ3) is 6.23. The summed E-state index contributed by atoms with van der Waals surface area (Å²) in [6.07, 6.45) is 1.22. The summed E-state index contributed by atoms with van der Waals surface area (Å²) in [5, 5.41) is 3.70. The molecule has 1 rings (SSSR count). The molecule has 0 fully saturated rings. The van der Waals surface area contributed by atoms with Gasteiger partial charge in [-0.25, -0.2) is 8.42 Å². The molecule has 0 aliphatic rings. The maximum Gasteiger partial charge on any atom is 0.148 e. The van der Waals surface area contributed by atoms with Crippen molar-refractivity contribution >= 4 is 21.4 Å². The summed E-state index contributed by atoms with van der Waals surface area (Å²) in [5.41, 5.74) is 0.985. The Morgan fingerprint density at radius 1 is 1.33 bits per heavy atom. The summed E-state index contributed by atoms with van der Waals surface area (Å²) in [6.45, 7) is 3.48. The maximum absolute atomic E-state index is 10.9. The first-order chi connectivity index (χ1) is 8.38. The van der Waals surface area contributed by atoms with Crippen LogP contribution in [0.15, 0.2) is 18.2 Å². The van der Waals surface area contributed by atoms with E-state index in [1.165, 1.54) is 6.26 Å². The van der Waals surface area contributed by atoms with Gasteiger partial charge >= 0.3 is 0 Å². The minimum atomic E-state index is -2.89. The number of rotatable bonds is 7. The Morgan fingerprint density at radius 2 is 2.06 bits per heavy atom. The summed E-state index contributed by atoms with van der Waals surface area (Å²) in [5.74, 6) is 0.941. The second-order valence-electron chi connectivity index (χ2n) is 4.14. The molecule has 1 aromatic rings. The number of hydrogen-bond donors (Lipinski definition) is 1. The Kier molecular flexibility index (Phi) is 5.91. The zero-order valence-electron chi connectivity index (χ0n) is 10.6. The minimum Gasteiger partial charge on any atom is -0.492 e. The van der Waals surface area contributed by atoms with E-state index in [1.807, 2.05) is 19.1 Å². The van der Waals surface area contributed by atoms with Crippen LogP contribution < -0.4 is 10.1 Å². The van der Waals surface area contributed by atoms with E-state index in [9.17, 15) is 8.42 Å². The van der Waals surface area contributed by atoms with Crippen LogP contribution >= 0.6 is 11.6 Å². The number of nitrogens with one attached hydrogen (secondary N) is 1. The Labute approximate surface area is 113 Å².